The number of furan rings is 1. The number of likely N-dealkylation sites (tertiary alicyclic amines) is 1. The minimum atomic E-state index is -0.133. The zero-order valence-corrected chi connectivity index (χ0v) is 14.7. The van der Waals surface area contributed by atoms with Crippen LogP contribution in [0.2, 0.25) is 0 Å². The van der Waals surface area contributed by atoms with Crippen molar-refractivity contribution in [1.82, 2.24) is 10.2 Å². The van der Waals surface area contributed by atoms with Crippen molar-refractivity contribution in [2.24, 2.45) is 5.92 Å². The van der Waals surface area contributed by atoms with Gasteiger partial charge in [-0.1, -0.05) is 0 Å². The van der Waals surface area contributed by atoms with E-state index in [1.807, 2.05) is 0 Å². The summed E-state index contributed by atoms with van der Waals surface area (Å²) in [5.41, 5.74) is 1.40. The Hall–Kier alpha value is -1.11. The van der Waals surface area contributed by atoms with Crippen LogP contribution in [0.25, 0.3) is 0 Å². The molecule has 3 rings (SSSR count). The van der Waals surface area contributed by atoms with Gasteiger partial charge in [-0.05, 0) is 82.3 Å². The highest BCUT2D eigenvalue weighted by molar-refractivity contribution is 9.10. The van der Waals surface area contributed by atoms with Crippen molar-refractivity contribution >= 4 is 33.2 Å². The van der Waals surface area contributed by atoms with Crippen LogP contribution >= 0.6 is 27.3 Å². The van der Waals surface area contributed by atoms with Crippen molar-refractivity contribution in [2.45, 2.75) is 19.4 Å². The van der Waals surface area contributed by atoms with Gasteiger partial charge in [-0.15, -0.1) is 0 Å². The van der Waals surface area contributed by atoms with Gasteiger partial charge < -0.3 is 9.73 Å². The Morgan fingerprint density at radius 3 is 2.82 bits per heavy atom. The molecule has 1 aliphatic heterocycles. The van der Waals surface area contributed by atoms with Crippen molar-refractivity contribution in [3.63, 3.8) is 0 Å². The minimum absolute atomic E-state index is 0.133. The summed E-state index contributed by atoms with van der Waals surface area (Å²) in [6.45, 7) is 3.97. The van der Waals surface area contributed by atoms with Gasteiger partial charge in [0.1, 0.15) is 0 Å². The fraction of sp³-hybridized carbons (Fsp3) is 0.438. The standard InChI is InChI=1S/C16H19BrN2O2S/c17-15-2-1-14(21-15)16(20)18-9-12-3-6-19(7-4-12)10-13-5-8-22-11-13/h1-2,5,8,11-12H,3-4,6-7,9-10H2,(H,18,20). The Labute approximate surface area is 142 Å². The van der Waals surface area contributed by atoms with Crippen LogP contribution in [0, 0.1) is 5.92 Å². The molecule has 2 aromatic rings. The largest absolute Gasteiger partial charge is 0.444 e. The molecule has 118 valence electrons. The molecule has 1 aliphatic rings. The molecule has 1 fully saturated rings. The van der Waals surface area contributed by atoms with E-state index in [2.05, 4.69) is 43.0 Å². The molecule has 0 spiro atoms. The van der Waals surface area contributed by atoms with Crippen LogP contribution in [-0.2, 0) is 6.54 Å². The number of piperidine rings is 1. The SMILES string of the molecule is O=C(NCC1CCN(Cc2ccsc2)CC1)c1ccc(Br)o1. The summed E-state index contributed by atoms with van der Waals surface area (Å²) in [6, 6.07) is 5.61. The highest BCUT2D eigenvalue weighted by Gasteiger charge is 2.20. The number of nitrogens with one attached hydrogen (secondary N) is 1. The highest BCUT2D eigenvalue weighted by atomic mass is 79.9. The number of halogens is 1. The number of hydrogen-bond acceptors (Lipinski definition) is 4. The second-order valence-corrected chi connectivity index (χ2v) is 7.23. The average molecular weight is 383 g/mol. The fourth-order valence-corrected chi connectivity index (χ4v) is 3.72. The van der Waals surface area contributed by atoms with Gasteiger partial charge in [-0.3, -0.25) is 9.69 Å². The Morgan fingerprint density at radius 1 is 1.36 bits per heavy atom. The number of carbonyl (C=O) groups excluding carboxylic acids is 1. The summed E-state index contributed by atoms with van der Waals surface area (Å²) >= 11 is 4.96. The predicted molar refractivity (Wildman–Crippen MR) is 91.1 cm³/mol. The second kappa shape index (κ2) is 7.44. The molecule has 1 N–H and O–H groups in total. The van der Waals surface area contributed by atoms with E-state index >= 15 is 0 Å². The molecule has 0 unspecified atom stereocenters. The molecule has 4 nitrogen and oxygen atoms in total. The van der Waals surface area contributed by atoms with E-state index in [4.69, 9.17) is 4.42 Å². The lowest BCUT2D eigenvalue weighted by Gasteiger charge is -2.31. The van der Waals surface area contributed by atoms with E-state index in [1.165, 1.54) is 5.56 Å². The lowest BCUT2D eigenvalue weighted by Crippen LogP contribution is -2.38. The number of thiophene rings is 1. The van der Waals surface area contributed by atoms with Crippen LogP contribution < -0.4 is 5.32 Å². The number of hydrogen-bond donors (Lipinski definition) is 1. The molecule has 0 bridgehead atoms. The van der Waals surface area contributed by atoms with Gasteiger partial charge >= 0.3 is 0 Å². The maximum atomic E-state index is 11.9. The third-order valence-corrected chi connectivity index (χ3v) is 5.20. The van der Waals surface area contributed by atoms with Gasteiger partial charge in [-0.2, -0.15) is 11.3 Å². The van der Waals surface area contributed by atoms with Gasteiger partial charge in [0.15, 0.2) is 10.4 Å². The zero-order chi connectivity index (χ0) is 15.4. The van der Waals surface area contributed by atoms with Gasteiger partial charge in [0.25, 0.3) is 5.91 Å². The molecule has 0 radical (unpaired) electrons. The first-order valence-electron chi connectivity index (χ1n) is 7.47. The molecular formula is C16H19BrN2O2S. The summed E-state index contributed by atoms with van der Waals surface area (Å²) in [5, 5.41) is 7.32. The van der Waals surface area contributed by atoms with Gasteiger partial charge in [0.2, 0.25) is 0 Å². The molecule has 22 heavy (non-hydrogen) atoms. The van der Waals surface area contributed by atoms with Crippen LogP contribution in [0.1, 0.15) is 29.0 Å². The van der Waals surface area contributed by atoms with Crippen LogP contribution in [0.4, 0.5) is 0 Å². The Kier molecular flexibility index (Phi) is 5.33. The molecule has 0 saturated carbocycles. The van der Waals surface area contributed by atoms with Crippen molar-refractivity contribution in [2.75, 3.05) is 19.6 Å². The summed E-state index contributed by atoms with van der Waals surface area (Å²) in [7, 11) is 0. The normalized spacial score (nSPS) is 16.8. The molecule has 0 atom stereocenters. The van der Waals surface area contributed by atoms with E-state index < -0.39 is 0 Å². The van der Waals surface area contributed by atoms with E-state index in [9.17, 15) is 4.79 Å². The first-order valence-corrected chi connectivity index (χ1v) is 9.21. The topological polar surface area (TPSA) is 45.5 Å². The van der Waals surface area contributed by atoms with Crippen molar-refractivity contribution in [1.29, 1.82) is 0 Å². The number of amides is 1. The minimum Gasteiger partial charge on any atom is -0.444 e. The molecule has 0 aliphatic carbocycles. The van der Waals surface area contributed by atoms with Crippen LogP contribution in [0.15, 0.2) is 38.0 Å². The molecular weight excluding hydrogens is 364 g/mol. The highest BCUT2D eigenvalue weighted by Crippen LogP contribution is 2.20. The maximum absolute atomic E-state index is 11.9. The van der Waals surface area contributed by atoms with Crippen molar-refractivity contribution in [3.8, 4) is 0 Å². The molecule has 2 aromatic heterocycles. The quantitative estimate of drug-likeness (QED) is 0.856. The van der Waals surface area contributed by atoms with E-state index in [-0.39, 0.29) is 5.91 Å². The second-order valence-electron chi connectivity index (χ2n) is 5.66. The van der Waals surface area contributed by atoms with Gasteiger partial charge in [0.05, 0.1) is 0 Å². The molecule has 0 aromatic carbocycles. The number of carbonyl (C=O) groups is 1. The molecule has 6 heteroatoms. The van der Waals surface area contributed by atoms with Gasteiger partial charge in [0, 0.05) is 13.1 Å². The molecule has 3 heterocycles. The number of nitrogens with zero attached hydrogens (tertiary/aromatic N) is 1. The van der Waals surface area contributed by atoms with E-state index in [1.54, 1.807) is 23.5 Å². The smallest absolute Gasteiger partial charge is 0.287 e. The average Bonchev–Trinajstić information content (AvgIpc) is 3.18. The Morgan fingerprint density at radius 2 is 2.18 bits per heavy atom. The lowest BCUT2D eigenvalue weighted by molar-refractivity contribution is 0.0906. The van der Waals surface area contributed by atoms with E-state index in [0.29, 0.717) is 16.3 Å². The number of rotatable bonds is 5. The van der Waals surface area contributed by atoms with Crippen LogP contribution in [-0.4, -0.2) is 30.4 Å². The maximum Gasteiger partial charge on any atom is 0.287 e. The summed E-state index contributed by atoms with van der Waals surface area (Å²) < 4.78 is 5.84. The van der Waals surface area contributed by atoms with E-state index in [0.717, 1.165) is 39.0 Å². The first kappa shape index (κ1) is 15.8. The first-order chi connectivity index (χ1) is 10.7. The van der Waals surface area contributed by atoms with Crippen molar-refractivity contribution in [3.05, 3.63) is 45.0 Å². The van der Waals surface area contributed by atoms with Gasteiger partial charge in [-0.25, -0.2) is 0 Å². The predicted octanol–water partition coefficient (Wildman–Crippen LogP) is 3.75. The Balaban J connectivity index is 1.39. The zero-order valence-electron chi connectivity index (χ0n) is 12.3. The Bertz CT molecular complexity index is 603. The monoisotopic (exact) mass is 382 g/mol. The molecule has 1 saturated heterocycles. The lowest BCUT2D eigenvalue weighted by atomic mass is 9.96. The molecule has 1 amide bonds. The fourth-order valence-electron chi connectivity index (χ4n) is 2.75. The van der Waals surface area contributed by atoms with Crippen LogP contribution in [0.3, 0.4) is 0 Å². The third-order valence-electron chi connectivity index (χ3n) is 4.04. The summed E-state index contributed by atoms with van der Waals surface area (Å²) in [6.07, 6.45) is 2.26. The third kappa shape index (κ3) is 4.21. The summed E-state index contributed by atoms with van der Waals surface area (Å²) in [5.74, 6) is 0.786. The van der Waals surface area contributed by atoms with Crippen molar-refractivity contribution < 1.29 is 9.21 Å². The summed E-state index contributed by atoms with van der Waals surface area (Å²) in [4.78, 5) is 14.4. The van der Waals surface area contributed by atoms with Crippen LogP contribution in [0.5, 0.6) is 0 Å².